The zero-order chi connectivity index (χ0) is 29.9. The van der Waals surface area contributed by atoms with Gasteiger partial charge in [-0.05, 0) is 6.92 Å². The highest BCUT2D eigenvalue weighted by Crippen LogP contribution is 2.30. The van der Waals surface area contributed by atoms with Gasteiger partial charge in [0.2, 0.25) is 11.8 Å². The van der Waals surface area contributed by atoms with Gasteiger partial charge in [-0.25, -0.2) is 0 Å². The first-order chi connectivity index (χ1) is 18.8. The Balaban J connectivity index is 1.78. The first-order valence-electron chi connectivity index (χ1n) is 12.9. The van der Waals surface area contributed by atoms with E-state index in [9.17, 15) is 50.4 Å². The maximum absolute atomic E-state index is 11.9. The minimum absolute atomic E-state index is 0.436. The Kier molecular flexibility index (Phi) is 11.6. The molecule has 0 aromatic carbocycles. The monoisotopic (exact) mass is 584 g/mol. The second kappa shape index (κ2) is 14.1. The maximum atomic E-state index is 11.9. The molecule has 2 amide bonds. The number of carbonyl (C=O) groups is 2. The van der Waals surface area contributed by atoms with Crippen LogP contribution >= 0.6 is 0 Å². The molecule has 0 bridgehead atoms. The van der Waals surface area contributed by atoms with Crippen LogP contribution in [0.15, 0.2) is 0 Å². The van der Waals surface area contributed by atoms with Crippen LogP contribution in [-0.4, -0.2) is 164 Å². The van der Waals surface area contributed by atoms with Gasteiger partial charge in [0.15, 0.2) is 12.6 Å². The third-order valence-electron chi connectivity index (χ3n) is 7.15. The highest BCUT2D eigenvalue weighted by Gasteiger charge is 2.51. The Morgan fingerprint density at radius 3 is 1.75 bits per heavy atom. The molecule has 0 aliphatic carbocycles. The molecule has 0 aromatic heterocycles. The van der Waals surface area contributed by atoms with Crippen LogP contribution in [0.4, 0.5) is 0 Å². The number of aliphatic hydroxyl groups excluding tert-OH is 8. The summed E-state index contributed by atoms with van der Waals surface area (Å²) in [7, 11) is 0. The summed E-state index contributed by atoms with van der Waals surface area (Å²) >= 11 is 0. The van der Waals surface area contributed by atoms with Crippen molar-refractivity contribution in [2.45, 2.75) is 113 Å². The summed E-state index contributed by atoms with van der Waals surface area (Å²) in [6.45, 7) is 2.14. The summed E-state index contributed by atoms with van der Waals surface area (Å²) in [6.07, 6.45) is -18.8. The summed E-state index contributed by atoms with van der Waals surface area (Å²) in [6, 6.07) is -2.24. The summed E-state index contributed by atoms with van der Waals surface area (Å²) in [4.78, 5) is 23.6. The van der Waals surface area contributed by atoms with Crippen LogP contribution in [0.1, 0.15) is 20.8 Å². The molecule has 3 saturated heterocycles. The van der Waals surface area contributed by atoms with E-state index in [1.807, 2.05) is 0 Å². The van der Waals surface area contributed by atoms with Crippen molar-refractivity contribution in [1.82, 2.24) is 10.6 Å². The number of ether oxygens (including phenoxy) is 5. The average Bonchev–Trinajstić information content (AvgIpc) is 2.90. The van der Waals surface area contributed by atoms with E-state index < -0.39 is 123 Å². The largest absolute Gasteiger partial charge is 0.394 e. The Morgan fingerprint density at radius 1 is 0.675 bits per heavy atom. The van der Waals surface area contributed by atoms with Gasteiger partial charge in [-0.2, -0.15) is 0 Å². The predicted octanol–water partition coefficient (Wildman–Crippen LogP) is -6.22. The van der Waals surface area contributed by atoms with Crippen molar-refractivity contribution in [3.63, 3.8) is 0 Å². The van der Waals surface area contributed by atoms with Crippen LogP contribution in [0.3, 0.4) is 0 Å². The van der Waals surface area contributed by atoms with Crippen LogP contribution in [0, 0.1) is 0 Å². The van der Waals surface area contributed by atoms with Gasteiger partial charge in [0.05, 0.1) is 32.0 Å². The number of nitrogens with one attached hydrogen (secondary N) is 2. The van der Waals surface area contributed by atoms with E-state index in [0.29, 0.717) is 0 Å². The molecule has 40 heavy (non-hydrogen) atoms. The minimum atomic E-state index is -1.78. The highest BCUT2D eigenvalue weighted by molar-refractivity contribution is 5.73. The Hall–Kier alpha value is -1.58. The third kappa shape index (κ3) is 7.24. The number of aliphatic hydroxyl groups is 8. The van der Waals surface area contributed by atoms with Crippen molar-refractivity contribution >= 4 is 11.8 Å². The molecule has 0 radical (unpaired) electrons. The molecule has 6 unspecified atom stereocenters. The van der Waals surface area contributed by atoms with Gasteiger partial charge in [-0.3, -0.25) is 9.59 Å². The standard InChI is InChI=1S/C23H40N2O15/c1-7-13(24-8(2)28)21(40-23-20(35)19(34)16(31)11(5-27)39-23)17(32)12(37-7)6-36-22-14(25-9(3)29)18(33)15(30)10(4-26)38-22/h7,10-23,26-27,30-35H,4-6H2,1-3H3,(H,24,28)(H,25,29)/t7-,10?,11?,12?,13?,14?,15-,16+,17+,18-,19+,20?,21-,22-,23+/m1/s1. The first kappa shape index (κ1) is 32.9. The fourth-order valence-electron chi connectivity index (χ4n) is 5.01. The molecule has 3 fully saturated rings. The number of amides is 2. The second-order valence-electron chi connectivity index (χ2n) is 10.2. The van der Waals surface area contributed by atoms with Gasteiger partial charge in [0.25, 0.3) is 0 Å². The van der Waals surface area contributed by atoms with Crippen molar-refractivity contribution in [2.75, 3.05) is 19.8 Å². The number of hydrogen-bond acceptors (Lipinski definition) is 15. The number of rotatable bonds is 9. The topological polar surface area (TPSA) is 266 Å². The van der Waals surface area contributed by atoms with Gasteiger partial charge in [-0.1, -0.05) is 0 Å². The smallest absolute Gasteiger partial charge is 0.217 e. The van der Waals surface area contributed by atoms with Gasteiger partial charge >= 0.3 is 0 Å². The van der Waals surface area contributed by atoms with Crippen LogP contribution in [0.25, 0.3) is 0 Å². The molecule has 3 aliphatic heterocycles. The molecular weight excluding hydrogens is 544 g/mol. The second-order valence-corrected chi connectivity index (χ2v) is 10.2. The van der Waals surface area contributed by atoms with Gasteiger partial charge in [0, 0.05) is 13.8 Å². The molecule has 3 rings (SSSR count). The Morgan fingerprint density at radius 2 is 1.20 bits per heavy atom. The van der Waals surface area contributed by atoms with Crippen LogP contribution < -0.4 is 10.6 Å². The zero-order valence-corrected chi connectivity index (χ0v) is 22.2. The SMILES string of the molecule is CC(=O)NC1[C@H](OCC2O[C@H](C)C(NC(C)=O)[C@@H](O[C@@H]3OC(CO)[C@H](O)[C@H](O)C3O)[C@H]2O)OC(CO)[C@@H](O)[C@@H]1O. The van der Waals surface area contributed by atoms with Crippen LogP contribution in [-0.2, 0) is 33.3 Å². The molecule has 0 spiro atoms. The van der Waals surface area contributed by atoms with Crippen molar-refractivity contribution < 1.29 is 74.1 Å². The lowest BCUT2D eigenvalue weighted by atomic mass is 9.92. The molecule has 0 aromatic rings. The van der Waals surface area contributed by atoms with E-state index in [2.05, 4.69) is 10.6 Å². The molecule has 15 atom stereocenters. The Labute approximate surface area is 229 Å². The van der Waals surface area contributed by atoms with Crippen molar-refractivity contribution in [2.24, 2.45) is 0 Å². The van der Waals surface area contributed by atoms with E-state index >= 15 is 0 Å². The van der Waals surface area contributed by atoms with E-state index in [1.54, 1.807) is 6.92 Å². The molecular formula is C23H40N2O15. The van der Waals surface area contributed by atoms with Gasteiger partial charge in [-0.15, -0.1) is 0 Å². The lowest BCUT2D eigenvalue weighted by molar-refractivity contribution is -0.334. The first-order valence-corrected chi connectivity index (χ1v) is 12.9. The summed E-state index contributed by atoms with van der Waals surface area (Å²) in [5.74, 6) is -1.06. The number of hydrogen-bond donors (Lipinski definition) is 10. The van der Waals surface area contributed by atoms with E-state index in [-0.39, 0.29) is 0 Å². The molecule has 3 aliphatic rings. The fourth-order valence-corrected chi connectivity index (χ4v) is 5.01. The lowest BCUT2D eigenvalue weighted by Crippen LogP contribution is -2.68. The van der Waals surface area contributed by atoms with E-state index in [0.717, 1.165) is 0 Å². The Bertz CT molecular complexity index is 851. The van der Waals surface area contributed by atoms with E-state index in [1.165, 1.54) is 13.8 Å². The summed E-state index contributed by atoms with van der Waals surface area (Å²) in [5.41, 5.74) is 0. The van der Waals surface area contributed by atoms with Crippen molar-refractivity contribution in [3.05, 3.63) is 0 Å². The molecule has 10 N–H and O–H groups in total. The normalized spacial score (nSPS) is 46.0. The van der Waals surface area contributed by atoms with Crippen LogP contribution in [0.5, 0.6) is 0 Å². The third-order valence-corrected chi connectivity index (χ3v) is 7.15. The maximum Gasteiger partial charge on any atom is 0.217 e. The van der Waals surface area contributed by atoms with Gasteiger partial charge < -0.3 is 75.2 Å². The lowest BCUT2D eigenvalue weighted by Gasteiger charge is -2.48. The molecule has 3 heterocycles. The van der Waals surface area contributed by atoms with Crippen molar-refractivity contribution in [1.29, 1.82) is 0 Å². The summed E-state index contributed by atoms with van der Waals surface area (Å²) < 4.78 is 28.3. The summed E-state index contributed by atoms with van der Waals surface area (Å²) in [5, 5.41) is 86.4. The fraction of sp³-hybridized carbons (Fsp3) is 0.913. The van der Waals surface area contributed by atoms with Crippen molar-refractivity contribution in [3.8, 4) is 0 Å². The molecule has 17 heteroatoms. The van der Waals surface area contributed by atoms with E-state index in [4.69, 9.17) is 23.7 Å². The molecule has 232 valence electrons. The highest BCUT2D eigenvalue weighted by atomic mass is 16.7. The quantitative estimate of drug-likeness (QED) is 0.121. The zero-order valence-electron chi connectivity index (χ0n) is 22.2. The van der Waals surface area contributed by atoms with Crippen LogP contribution in [0.2, 0.25) is 0 Å². The molecule has 17 nitrogen and oxygen atoms in total. The number of carbonyl (C=O) groups excluding carboxylic acids is 2. The average molecular weight is 585 g/mol. The van der Waals surface area contributed by atoms with Gasteiger partial charge in [0.1, 0.15) is 67.1 Å². The predicted molar refractivity (Wildman–Crippen MR) is 128 cm³/mol. The molecule has 0 saturated carbocycles. The minimum Gasteiger partial charge on any atom is -0.394 e.